The molecular formula is C18H21NO2. The van der Waals surface area contributed by atoms with Gasteiger partial charge in [0.05, 0.1) is 7.11 Å². The molecule has 0 bridgehead atoms. The topological polar surface area (TPSA) is 30.5 Å². The van der Waals surface area contributed by atoms with Crippen LogP contribution >= 0.6 is 0 Å². The van der Waals surface area contributed by atoms with E-state index in [1.54, 1.807) is 7.11 Å². The van der Waals surface area contributed by atoms with E-state index in [-0.39, 0.29) is 0 Å². The Morgan fingerprint density at radius 1 is 1.24 bits per heavy atom. The number of nitrogens with one attached hydrogen (secondary N) is 1. The van der Waals surface area contributed by atoms with Gasteiger partial charge in [0.25, 0.3) is 0 Å². The number of benzene rings is 2. The van der Waals surface area contributed by atoms with Gasteiger partial charge < -0.3 is 14.8 Å². The van der Waals surface area contributed by atoms with Crippen LogP contribution < -0.4 is 14.8 Å². The van der Waals surface area contributed by atoms with Crippen LogP contribution in [0.25, 0.3) is 0 Å². The molecule has 0 amide bonds. The highest BCUT2D eigenvalue weighted by atomic mass is 16.5. The van der Waals surface area contributed by atoms with E-state index < -0.39 is 0 Å². The molecule has 3 heteroatoms. The molecule has 1 unspecified atom stereocenters. The Labute approximate surface area is 125 Å². The first-order chi connectivity index (χ1) is 10.3. The minimum atomic E-state index is 0.363. The molecule has 1 N–H and O–H groups in total. The predicted molar refractivity (Wildman–Crippen MR) is 84.0 cm³/mol. The molecule has 2 aromatic rings. The van der Waals surface area contributed by atoms with Gasteiger partial charge in [0.1, 0.15) is 18.1 Å². The van der Waals surface area contributed by atoms with E-state index in [1.807, 2.05) is 18.2 Å². The summed E-state index contributed by atoms with van der Waals surface area (Å²) in [5.74, 6) is 1.96. The summed E-state index contributed by atoms with van der Waals surface area (Å²) in [4.78, 5) is 0. The molecule has 0 radical (unpaired) electrons. The van der Waals surface area contributed by atoms with Crippen LogP contribution in [0.4, 0.5) is 0 Å². The van der Waals surface area contributed by atoms with Crippen molar-refractivity contribution in [2.75, 3.05) is 13.7 Å². The van der Waals surface area contributed by atoms with Crippen molar-refractivity contribution in [2.24, 2.45) is 0 Å². The lowest BCUT2D eigenvalue weighted by molar-refractivity contribution is 0.238. The molecule has 0 saturated carbocycles. The van der Waals surface area contributed by atoms with Crippen LogP contribution in [0.15, 0.2) is 42.5 Å². The molecule has 0 aromatic heterocycles. The second kappa shape index (κ2) is 6.19. The zero-order valence-electron chi connectivity index (χ0n) is 12.6. The Hall–Kier alpha value is -2.00. The highest BCUT2D eigenvalue weighted by Crippen LogP contribution is 2.24. The minimum absolute atomic E-state index is 0.363. The molecular weight excluding hydrogens is 262 g/mol. The van der Waals surface area contributed by atoms with Crippen molar-refractivity contribution in [2.45, 2.75) is 25.9 Å². The number of hydrogen-bond donors (Lipinski definition) is 1. The Morgan fingerprint density at radius 2 is 2.10 bits per heavy atom. The van der Waals surface area contributed by atoms with Crippen LogP contribution in [-0.2, 0) is 13.0 Å². The monoisotopic (exact) mass is 283 g/mol. The second-order valence-corrected chi connectivity index (χ2v) is 5.50. The van der Waals surface area contributed by atoms with E-state index in [1.165, 1.54) is 16.7 Å². The van der Waals surface area contributed by atoms with Gasteiger partial charge in [-0.1, -0.05) is 30.3 Å². The van der Waals surface area contributed by atoms with Gasteiger partial charge in [-0.2, -0.15) is 0 Å². The molecule has 1 aliphatic rings. The van der Waals surface area contributed by atoms with E-state index in [0.29, 0.717) is 6.04 Å². The van der Waals surface area contributed by atoms with Gasteiger partial charge in [-0.25, -0.2) is 0 Å². The van der Waals surface area contributed by atoms with Gasteiger partial charge in [0.15, 0.2) is 0 Å². The summed E-state index contributed by atoms with van der Waals surface area (Å²) < 4.78 is 11.1. The SMILES string of the molecule is COc1ccc(CNC2COc3ccccc3C2)cc1C. The van der Waals surface area contributed by atoms with Crippen LogP contribution in [0.2, 0.25) is 0 Å². The average Bonchev–Trinajstić information content (AvgIpc) is 2.53. The number of methoxy groups -OCH3 is 1. The maximum absolute atomic E-state index is 5.80. The second-order valence-electron chi connectivity index (χ2n) is 5.50. The van der Waals surface area contributed by atoms with E-state index in [0.717, 1.165) is 31.1 Å². The number of fused-ring (bicyclic) bond motifs is 1. The normalized spacial score (nSPS) is 17.0. The third-order valence-corrected chi connectivity index (χ3v) is 3.93. The lowest BCUT2D eigenvalue weighted by atomic mass is 10.0. The Bertz CT molecular complexity index is 624. The number of hydrogen-bond acceptors (Lipinski definition) is 3. The van der Waals surface area contributed by atoms with Gasteiger partial charge in [-0.05, 0) is 42.2 Å². The third kappa shape index (κ3) is 3.19. The summed E-state index contributed by atoms with van der Waals surface area (Å²) in [6.45, 7) is 3.65. The van der Waals surface area contributed by atoms with Crippen molar-refractivity contribution in [3.8, 4) is 11.5 Å². The average molecular weight is 283 g/mol. The molecule has 110 valence electrons. The van der Waals surface area contributed by atoms with Crippen molar-refractivity contribution in [1.29, 1.82) is 0 Å². The molecule has 0 saturated heterocycles. The summed E-state index contributed by atoms with van der Waals surface area (Å²) in [5.41, 5.74) is 3.72. The summed E-state index contributed by atoms with van der Waals surface area (Å²) >= 11 is 0. The third-order valence-electron chi connectivity index (χ3n) is 3.93. The lowest BCUT2D eigenvalue weighted by Crippen LogP contribution is -2.38. The number of rotatable bonds is 4. The van der Waals surface area contributed by atoms with Gasteiger partial charge in [0, 0.05) is 12.6 Å². The van der Waals surface area contributed by atoms with E-state index >= 15 is 0 Å². The first-order valence-electron chi connectivity index (χ1n) is 7.34. The largest absolute Gasteiger partial charge is 0.496 e. The maximum atomic E-state index is 5.80. The molecule has 0 spiro atoms. The van der Waals surface area contributed by atoms with Gasteiger partial charge in [-0.3, -0.25) is 0 Å². The quantitative estimate of drug-likeness (QED) is 0.935. The molecule has 1 aliphatic heterocycles. The van der Waals surface area contributed by atoms with Gasteiger partial charge in [0.2, 0.25) is 0 Å². The first kappa shape index (κ1) is 14.0. The molecule has 3 rings (SSSR count). The molecule has 1 heterocycles. The van der Waals surface area contributed by atoms with Crippen LogP contribution in [0, 0.1) is 6.92 Å². The predicted octanol–water partition coefficient (Wildman–Crippen LogP) is 3.10. The fourth-order valence-electron chi connectivity index (χ4n) is 2.77. The smallest absolute Gasteiger partial charge is 0.122 e. The fraction of sp³-hybridized carbons (Fsp3) is 0.333. The number of aryl methyl sites for hydroxylation is 1. The Kier molecular flexibility index (Phi) is 4.11. The van der Waals surface area contributed by atoms with E-state index in [4.69, 9.17) is 9.47 Å². The molecule has 0 aliphatic carbocycles. The molecule has 0 fully saturated rings. The van der Waals surface area contributed by atoms with E-state index in [2.05, 4.69) is 36.5 Å². The van der Waals surface area contributed by atoms with Crippen molar-refractivity contribution in [3.63, 3.8) is 0 Å². The first-order valence-corrected chi connectivity index (χ1v) is 7.34. The highest BCUT2D eigenvalue weighted by molar-refractivity contribution is 5.37. The van der Waals surface area contributed by atoms with E-state index in [9.17, 15) is 0 Å². The van der Waals surface area contributed by atoms with Crippen molar-refractivity contribution >= 4 is 0 Å². The fourth-order valence-corrected chi connectivity index (χ4v) is 2.77. The zero-order valence-corrected chi connectivity index (χ0v) is 12.6. The van der Waals surface area contributed by atoms with Crippen LogP contribution in [-0.4, -0.2) is 19.8 Å². The molecule has 2 aromatic carbocycles. The van der Waals surface area contributed by atoms with Crippen LogP contribution in [0.3, 0.4) is 0 Å². The summed E-state index contributed by atoms with van der Waals surface area (Å²) in [6.07, 6.45) is 1.02. The van der Waals surface area contributed by atoms with Gasteiger partial charge in [-0.15, -0.1) is 0 Å². The van der Waals surface area contributed by atoms with Crippen molar-refractivity contribution in [3.05, 3.63) is 59.2 Å². The Morgan fingerprint density at radius 3 is 2.90 bits per heavy atom. The Balaban J connectivity index is 1.60. The molecule has 21 heavy (non-hydrogen) atoms. The minimum Gasteiger partial charge on any atom is -0.496 e. The molecule has 3 nitrogen and oxygen atoms in total. The van der Waals surface area contributed by atoms with Gasteiger partial charge >= 0.3 is 0 Å². The summed E-state index contributed by atoms with van der Waals surface area (Å²) in [6, 6.07) is 14.9. The standard InChI is InChI=1S/C18H21NO2/c1-13-9-14(7-8-17(13)20-2)11-19-16-10-15-5-3-4-6-18(15)21-12-16/h3-9,16,19H,10-12H2,1-2H3. The maximum Gasteiger partial charge on any atom is 0.122 e. The zero-order chi connectivity index (χ0) is 14.7. The van der Waals surface area contributed by atoms with Crippen molar-refractivity contribution < 1.29 is 9.47 Å². The lowest BCUT2D eigenvalue weighted by Gasteiger charge is -2.26. The van der Waals surface area contributed by atoms with Crippen LogP contribution in [0.5, 0.6) is 11.5 Å². The number of para-hydroxylation sites is 1. The number of ether oxygens (including phenoxy) is 2. The molecule has 1 atom stereocenters. The van der Waals surface area contributed by atoms with Crippen molar-refractivity contribution in [1.82, 2.24) is 5.32 Å². The highest BCUT2D eigenvalue weighted by Gasteiger charge is 2.18. The summed E-state index contributed by atoms with van der Waals surface area (Å²) in [7, 11) is 1.71. The summed E-state index contributed by atoms with van der Waals surface area (Å²) in [5, 5.41) is 3.58. The van der Waals surface area contributed by atoms with Crippen LogP contribution in [0.1, 0.15) is 16.7 Å².